The first kappa shape index (κ1) is 22.4. The zero-order valence-electron chi connectivity index (χ0n) is 17.8. The number of ether oxygens (including phenoxy) is 1. The molecule has 0 aromatic heterocycles. The molecule has 2 N–H and O–H groups in total. The molecule has 10 heteroatoms. The van der Waals surface area contributed by atoms with Gasteiger partial charge in [0.25, 0.3) is 5.69 Å². The molecule has 0 aliphatic carbocycles. The molecule has 2 fully saturated rings. The van der Waals surface area contributed by atoms with Crippen molar-refractivity contribution in [3.05, 3.63) is 70.3 Å². The monoisotopic (exact) mass is 453 g/mol. The van der Waals surface area contributed by atoms with E-state index in [1.807, 2.05) is 6.07 Å². The van der Waals surface area contributed by atoms with Crippen LogP contribution in [-0.2, 0) is 25.7 Å². The summed E-state index contributed by atoms with van der Waals surface area (Å²) in [6.07, 6.45) is -0.995. The van der Waals surface area contributed by atoms with Crippen LogP contribution in [0.1, 0.15) is 18.9 Å². The highest BCUT2D eigenvalue weighted by Gasteiger charge is 2.69. The largest absolute Gasteiger partial charge is 0.459 e. The number of β-lactam (4-membered cyclic amide) rings is 1. The summed E-state index contributed by atoms with van der Waals surface area (Å²) in [6.45, 7) is 1.09. The molecule has 172 valence electrons. The standard InChI is InChI=1S/C23H23N3O7/c1-14(27)20-18-11-19(28)23(25(18)21(20)29,13-24-16-5-3-2-4-6-16)22(30)33-12-15-7-9-17(10-8-15)26(31)32/h2-10,14,18,20,24,27H,11-13H2,1H3/t14-,18-,20-,23+/m1/s1. The third-order valence-electron chi connectivity index (χ3n) is 6.23. The maximum Gasteiger partial charge on any atom is 0.342 e. The molecule has 2 aliphatic rings. The normalized spacial score (nSPS) is 24.6. The maximum atomic E-state index is 13.3. The van der Waals surface area contributed by atoms with E-state index in [0.29, 0.717) is 11.3 Å². The quantitative estimate of drug-likeness (QED) is 0.202. The van der Waals surface area contributed by atoms with Crippen LogP contribution in [0, 0.1) is 16.0 Å². The van der Waals surface area contributed by atoms with Crippen molar-refractivity contribution < 1.29 is 29.2 Å². The summed E-state index contributed by atoms with van der Waals surface area (Å²) in [5.41, 5.74) is -0.794. The third-order valence-corrected chi connectivity index (χ3v) is 6.23. The van der Waals surface area contributed by atoms with Crippen LogP contribution in [0.5, 0.6) is 0 Å². The Bertz CT molecular complexity index is 1090. The number of nitro benzene ring substituents is 1. The van der Waals surface area contributed by atoms with E-state index in [9.17, 15) is 29.6 Å². The fourth-order valence-electron chi connectivity index (χ4n) is 4.51. The summed E-state index contributed by atoms with van der Waals surface area (Å²) in [6, 6.07) is 13.9. The average Bonchev–Trinajstić information content (AvgIpc) is 3.05. The Kier molecular flexibility index (Phi) is 5.86. The van der Waals surface area contributed by atoms with E-state index in [-0.39, 0.29) is 25.3 Å². The molecule has 1 amide bonds. The number of benzene rings is 2. The molecule has 0 saturated carbocycles. The van der Waals surface area contributed by atoms with Gasteiger partial charge >= 0.3 is 5.97 Å². The van der Waals surface area contributed by atoms with Crippen LogP contribution in [0.3, 0.4) is 0 Å². The van der Waals surface area contributed by atoms with E-state index in [1.165, 1.54) is 36.1 Å². The van der Waals surface area contributed by atoms with E-state index in [2.05, 4.69) is 5.32 Å². The molecule has 0 radical (unpaired) electrons. The number of amides is 1. The van der Waals surface area contributed by atoms with Crippen molar-refractivity contribution in [1.29, 1.82) is 0 Å². The highest BCUT2D eigenvalue weighted by Crippen LogP contribution is 2.45. The molecule has 33 heavy (non-hydrogen) atoms. The fourth-order valence-corrected chi connectivity index (χ4v) is 4.51. The van der Waals surface area contributed by atoms with Gasteiger partial charge in [-0.25, -0.2) is 4.79 Å². The number of rotatable bonds is 8. The summed E-state index contributed by atoms with van der Waals surface area (Å²) in [5.74, 6) is -2.55. The number of anilines is 1. The lowest BCUT2D eigenvalue weighted by Gasteiger charge is -2.49. The van der Waals surface area contributed by atoms with E-state index in [0.717, 1.165) is 0 Å². The van der Waals surface area contributed by atoms with Gasteiger partial charge in [-0.15, -0.1) is 0 Å². The molecule has 4 rings (SSSR count). The van der Waals surface area contributed by atoms with Crippen molar-refractivity contribution in [3.63, 3.8) is 0 Å². The van der Waals surface area contributed by atoms with Gasteiger partial charge in [0, 0.05) is 24.2 Å². The molecule has 2 aliphatic heterocycles. The number of nitro groups is 1. The Hall–Kier alpha value is -3.79. The Morgan fingerprint density at radius 1 is 1.24 bits per heavy atom. The highest BCUT2D eigenvalue weighted by molar-refractivity contribution is 6.16. The first-order valence-corrected chi connectivity index (χ1v) is 10.5. The molecule has 2 heterocycles. The molecule has 0 bridgehead atoms. The number of para-hydroxylation sites is 1. The lowest BCUT2D eigenvalue weighted by atomic mass is 9.83. The summed E-state index contributed by atoms with van der Waals surface area (Å²) in [7, 11) is 0. The SMILES string of the molecule is C[C@@H](O)[C@H]1C(=O)N2[C@@H]1CC(=O)[C@@]2(CNc1ccccc1)C(=O)OCc1ccc([N+](=O)[O-])cc1. The first-order chi connectivity index (χ1) is 15.8. The van der Waals surface area contributed by atoms with Crippen LogP contribution in [-0.4, -0.2) is 56.8 Å². The molecule has 4 atom stereocenters. The molecule has 0 unspecified atom stereocenters. The second kappa shape index (κ2) is 8.62. The zero-order valence-corrected chi connectivity index (χ0v) is 17.8. The Labute approximate surface area is 189 Å². The van der Waals surface area contributed by atoms with Gasteiger partial charge in [0.05, 0.1) is 29.5 Å². The van der Waals surface area contributed by atoms with Crippen molar-refractivity contribution >= 4 is 29.0 Å². The fraction of sp³-hybridized carbons (Fsp3) is 0.348. The lowest BCUT2D eigenvalue weighted by molar-refractivity contribution is -0.384. The predicted octanol–water partition coefficient (Wildman–Crippen LogP) is 1.67. The number of Topliss-reactive ketones (excluding diaryl/α,β-unsaturated/α-hetero) is 1. The number of ketones is 1. The van der Waals surface area contributed by atoms with Gasteiger partial charge in [0.1, 0.15) is 6.61 Å². The Balaban J connectivity index is 1.57. The Morgan fingerprint density at radius 3 is 2.52 bits per heavy atom. The van der Waals surface area contributed by atoms with Crippen molar-refractivity contribution in [2.45, 2.75) is 37.6 Å². The van der Waals surface area contributed by atoms with E-state index in [1.54, 1.807) is 24.3 Å². The third kappa shape index (κ3) is 3.82. The number of non-ortho nitro benzene ring substituents is 1. The van der Waals surface area contributed by atoms with Gasteiger partial charge in [0.15, 0.2) is 5.78 Å². The number of carbonyl (C=O) groups excluding carboxylic acids is 3. The summed E-state index contributed by atoms with van der Waals surface area (Å²) >= 11 is 0. The topological polar surface area (TPSA) is 139 Å². The first-order valence-electron chi connectivity index (χ1n) is 10.5. The van der Waals surface area contributed by atoms with Gasteiger partial charge < -0.3 is 20.1 Å². The number of aliphatic hydroxyl groups is 1. The molecule has 10 nitrogen and oxygen atoms in total. The second-order valence-electron chi connectivity index (χ2n) is 8.25. The van der Waals surface area contributed by atoms with Crippen LogP contribution in [0.2, 0.25) is 0 Å². The van der Waals surface area contributed by atoms with Crippen molar-refractivity contribution in [1.82, 2.24) is 4.90 Å². The van der Waals surface area contributed by atoms with Crippen molar-refractivity contribution in [2.75, 3.05) is 11.9 Å². The number of aliphatic hydroxyl groups excluding tert-OH is 1. The van der Waals surface area contributed by atoms with Crippen molar-refractivity contribution in [2.24, 2.45) is 5.92 Å². The number of hydrogen-bond acceptors (Lipinski definition) is 8. The molecule has 2 saturated heterocycles. The number of esters is 1. The van der Waals surface area contributed by atoms with Gasteiger partial charge in [-0.1, -0.05) is 18.2 Å². The number of hydrogen-bond donors (Lipinski definition) is 2. The van der Waals surface area contributed by atoms with Crippen LogP contribution < -0.4 is 5.32 Å². The van der Waals surface area contributed by atoms with Gasteiger partial charge in [0.2, 0.25) is 11.4 Å². The molecule has 2 aromatic rings. The van der Waals surface area contributed by atoms with Gasteiger partial charge in [-0.2, -0.15) is 0 Å². The van der Waals surface area contributed by atoms with E-state index >= 15 is 0 Å². The molecule has 2 aromatic carbocycles. The maximum absolute atomic E-state index is 13.3. The van der Waals surface area contributed by atoms with Gasteiger partial charge in [-0.3, -0.25) is 19.7 Å². The van der Waals surface area contributed by atoms with Crippen molar-refractivity contribution in [3.8, 4) is 0 Å². The number of fused-ring (bicyclic) bond motifs is 1. The van der Waals surface area contributed by atoms with E-state index in [4.69, 9.17) is 4.74 Å². The number of nitrogens with zero attached hydrogens (tertiary/aromatic N) is 2. The minimum absolute atomic E-state index is 0.0512. The molecule has 0 spiro atoms. The van der Waals surface area contributed by atoms with E-state index < -0.39 is 46.2 Å². The average molecular weight is 453 g/mol. The summed E-state index contributed by atoms with van der Waals surface area (Å²) in [5, 5.41) is 23.8. The van der Waals surface area contributed by atoms with Gasteiger partial charge in [-0.05, 0) is 36.8 Å². The second-order valence-corrected chi connectivity index (χ2v) is 8.25. The molecular weight excluding hydrogens is 430 g/mol. The number of nitrogens with one attached hydrogen (secondary N) is 1. The molecular formula is C23H23N3O7. The summed E-state index contributed by atoms with van der Waals surface area (Å²) < 4.78 is 5.45. The minimum Gasteiger partial charge on any atom is -0.459 e. The van der Waals surface area contributed by atoms with Crippen LogP contribution >= 0.6 is 0 Å². The summed E-state index contributed by atoms with van der Waals surface area (Å²) in [4.78, 5) is 50.9. The van der Waals surface area contributed by atoms with Crippen LogP contribution in [0.15, 0.2) is 54.6 Å². The zero-order chi connectivity index (χ0) is 23.8. The Morgan fingerprint density at radius 2 is 1.91 bits per heavy atom. The minimum atomic E-state index is -1.86. The number of carbonyl (C=O) groups is 3. The van der Waals surface area contributed by atoms with Crippen LogP contribution in [0.25, 0.3) is 0 Å². The predicted molar refractivity (Wildman–Crippen MR) is 116 cm³/mol. The smallest absolute Gasteiger partial charge is 0.342 e. The highest BCUT2D eigenvalue weighted by atomic mass is 16.6. The van der Waals surface area contributed by atoms with Crippen LogP contribution in [0.4, 0.5) is 11.4 Å². The lowest BCUT2D eigenvalue weighted by Crippen LogP contribution is -2.72.